The molecule has 3 aromatic carbocycles. The fourth-order valence-corrected chi connectivity index (χ4v) is 7.25. The first-order valence-electron chi connectivity index (χ1n) is 11.2. The van der Waals surface area contributed by atoms with Crippen molar-refractivity contribution in [3.05, 3.63) is 93.8 Å². The standard InChI is InChI=1S/C27H26N2OS3/c30-24-12-11-22(26-25(27(31)33-32-26)21-9-5-2-6-10-21)17-23(24)19-29-15-13-28(14-16-29)18-20-7-3-1-4-8-20/h1-12,17,30H,13-16,18-19H2. The summed E-state index contributed by atoms with van der Waals surface area (Å²) in [5, 5.41) is 10.6. The zero-order chi connectivity index (χ0) is 22.6. The molecule has 0 radical (unpaired) electrons. The van der Waals surface area contributed by atoms with Gasteiger partial charge in [0, 0.05) is 50.4 Å². The highest BCUT2D eigenvalue weighted by Gasteiger charge is 2.19. The zero-order valence-corrected chi connectivity index (χ0v) is 20.8. The molecule has 0 unspecified atom stereocenters. The minimum absolute atomic E-state index is 0.366. The lowest BCUT2D eigenvalue weighted by molar-refractivity contribution is 0.121. The number of hydrogen-bond acceptors (Lipinski definition) is 6. The van der Waals surface area contributed by atoms with E-state index in [0.29, 0.717) is 5.75 Å². The van der Waals surface area contributed by atoms with Crippen LogP contribution in [-0.4, -0.2) is 41.1 Å². The summed E-state index contributed by atoms with van der Waals surface area (Å²) in [6.45, 7) is 5.85. The molecule has 0 aliphatic carbocycles. The third-order valence-corrected chi connectivity index (χ3v) is 9.21. The minimum Gasteiger partial charge on any atom is -0.508 e. The molecule has 0 amide bonds. The topological polar surface area (TPSA) is 26.7 Å². The minimum atomic E-state index is 0.366. The molecule has 1 saturated heterocycles. The quantitative estimate of drug-likeness (QED) is 0.235. The maximum absolute atomic E-state index is 10.6. The monoisotopic (exact) mass is 490 g/mol. The average Bonchev–Trinajstić information content (AvgIpc) is 3.24. The van der Waals surface area contributed by atoms with E-state index in [0.717, 1.165) is 65.3 Å². The Morgan fingerprint density at radius 1 is 0.727 bits per heavy atom. The highest BCUT2D eigenvalue weighted by molar-refractivity contribution is 7.80. The molecule has 1 aliphatic heterocycles. The van der Waals surface area contributed by atoms with Crippen LogP contribution < -0.4 is 0 Å². The van der Waals surface area contributed by atoms with Crippen LogP contribution in [0.15, 0.2) is 78.9 Å². The molecule has 6 heteroatoms. The second-order valence-corrected chi connectivity index (χ2v) is 11.2. The molecule has 3 nitrogen and oxygen atoms in total. The van der Waals surface area contributed by atoms with Crippen molar-refractivity contribution in [2.45, 2.75) is 13.1 Å². The van der Waals surface area contributed by atoms with Gasteiger partial charge in [-0.3, -0.25) is 9.80 Å². The fraction of sp³-hybridized carbons (Fsp3) is 0.222. The van der Waals surface area contributed by atoms with Crippen molar-refractivity contribution in [1.29, 1.82) is 0 Å². The molecule has 5 rings (SSSR count). The molecule has 0 bridgehead atoms. The third-order valence-electron chi connectivity index (χ3n) is 6.14. The number of benzene rings is 3. The maximum atomic E-state index is 10.6. The molecule has 0 spiro atoms. The Balaban J connectivity index is 1.30. The first-order chi connectivity index (χ1) is 16.2. The molecule has 1 N–H and O–H groups in total. The van der Waals surface area contributed by atoms with Crippen molar-refractivity contribution >= 4 is 32.9 Å². The predicted molar refractivity (Wildman–Crippen MR) is 143 cm³/mol. The number of aromatic hydroxyl groups is 1. The highest BCUT2D eigenvalue weighted by Crippen LogP contribution is 2.42. The molecule has 33 heavy (non-hydrogen) atoms. The van der Waals surface area contributed by atoms with Gasteiger partial charge in [0.25, 0.3) is 0 Å². The first-order valence-corrected chi connectivity index (χ1v) is 13.7. The smallest absolute Gasteiger partial charge is 0.120 e. The molecular formula is C27H26N2OS3. The lowest BCUT2D eigenvalue weighted by atomic mass is 10.0. The van der Waals surface area contributed by atoms with Crippen LogP contribution in [0, 0.1) is 3.82 Å². The molecule has 4 aromatic rings. The maximum Gasteiger partial charge on any atom is 0.120 e. The van der Waals surface area contributed by atoms with Crippen molar-refractivity contribution in [1.82, 2.24) is 9.80 Å². The van der Waals surface area contributed by atoms with Crippen LogP contribution in [0.4, 0.5) is 0 Å². The van der Waals surface area contributed by atoms with E-state index in [1.54, 1.807) is 20.7 Å². The summed E-state index contributed by atoms with van der Waals surface area (Å²) in [7, 11) is 3.37. The first kappa shape index (κ1) is 22.4. The molecule has 1 aromatic heterocycles. The van der Waals surface area contributed by atoms with Crippen molar-refractivity contribution in [2.75, 3.05) is 26.2 Å². The summed E-state index contributed by atoms with van der Waals surface area (Å²) >= 11 is 5.67. The van der Waals surface area contributed by atoms with Gasteiger partial charge in [-0.05, 0) is 34.9 Å². The van der Waals surface area contributed by atoms with Crippen molar-refractivity contribution in [2.24, 2.45) is 0 Å². The number of nitrogens with zero attached hydrogens (tertiary/aromatic N) is 2. The third kappa shape index (κ3) is 5.26. The Morgan fingerprint density at radius 2 is 1.36 bits per heavy atom. The summed E-state index contributed by atoms with van der Waals surface area (Å²) in [5.74, 6) is 0.366. The van der Waals surface area contributed by atoms with E-state index in [9.17, 15) is 5.11 Å². The van der Waals surface area contributed by atoms with Gasteiger partial charge in [-0.15, -0.1) is 0 Å². The summed E-state index contributed by atoms with van der Waals surface area (Å²) in [6.07, 6.45) is 0. The normalized spacial score (nSPS) is 15.0. The van der Waals surface area contributed by atoms with Gasteiger partial charge in [-0.2, -0.15) is 0 Å². The largest absolute Gasteiger partial charge is 0.508 e. The van der Waals surface area contributed by atoms with Gasteiger partial charge >= 0.3 is 0 Å². The molecule has 1 fully saturated rings. The van der Waals surface area contributed by atoms with Gasteiger partial charge in [-0.1, -0.05) is 93.6 Å². The van der Waals surface area contributed by atoms with Crippen LogP contribution in [0.3, 0.4) is 0 Å². The Labute approximate surface area is 207 Å². The summed E-state index contributed by atoms with van der Waals surface area (Å²) in [5.41, 5.74) is 5.75. The number of phenolic OH excluding ortho intramolecular Hbond substituents is 1. The molecular weight excluding hydrogens is 465 g/mol. The van der Waals surface area contributed by atoms with E-state index in [4.69, 9.17) is 12.2 Å². The van der Waals surface area contributed by atoms with Gasteiger partial charge in [0.1, 0.15) is 9.57 Å². The number of hydrogen-bond donors (Lipinski definition) is 1. The van der Waals surface area contributed by atoms with Crippen molar-refractivity contribution < 1.29 is 5.11 Å². The Kier molecular flexibility index (Phi) is 6.99. The van der Waals surface area contributed by atoms with Crippen LogP contribution in [0.5, 0.6) is 5.75 Å². The second kappa shape index (κ2) is 10.3. The number of phenols is 1. The predicted octanol–water partition coefficient (Wildman–Crippen LogP) is 6.90. The number of rotatable bonds is 6. The molecule has 2 heterocycles. The summed E-state index contributed by atoms with van der Waals surface area (Å²) in [6, 6.07) is 27.0. The van der Waals surface area contributed by atoms with Crippen LogP contribution in [0.2, 0.25) is 0 Å². The van der Waals surface area contributed by atoms with Crippen LogP contribution in [0.25, 0.3) is 21.6 Å². The van der Waals surface area contributed by atoms with E-state index in [-0.39, 0.29) is 0 Å². The molecule has 1 aliphatic rings. The lowest BCUT2D eigenvalue weighted by Gasteiger charge is -2.34. The van der Waals surface area contributed by atoms with E-state index in [1.807, 2.05) is 18.2 Å². The van der Waals surface area contributed by atoms with Crippen molar-refractivity contribution in [3.63, 3.8) is 0 Å². The second-order valence-electron chi connectivity index (χ2n) is 8.41. The Hall–Kier alpha value is -2.35. The van der Waals surface area contributed by atoms with E-state index >= 15 is 0 Å². The molecule has 0 atom stereocenters. The molecule has 168 valence electrons. The fourth-order valence-electron chi connectivity index (χ4n) is 4.34. The Bertz CT molecular complexity index is 1260. The summed E-state index contributed by atoms with van der Waals surface area (Å²) < 4.78 is 0.922. The highest BCUT2D eigenvalue weighted by atomic mass is 32.9. The van der Waals surface area contributed by atoms with E-state index < -0.39 is 0 Å². The summed E-state index contributed by atoms with van der Waals surface area (Å²) in [4.78, 5) is 6.13. The van der Waals surface area contributed by atoms with E-state index in [2.05, 4.69) is 70.5 Å². The average molecular weight is 491 g/mol. The SMILES string of the molecule is Oc1ccc(-c2ssc(=S)c2-c2ccccc2)cc1CN1CCN(Cc2ccccc2)CC1. The van der Waals surface area contributed by atoms with Gasteiger partial charge in [0.2, 0.25) is 0 Å². The van der Waals surface area contributed by atoms with Gasteiger partial charge in [-0.25, -0.2) is 0 Å². The molecule has 0 saturated carbocycles. The van der Waals surface area contributed by atoms with Gasteiger partial charge < -0.3 is 5.11 Å². The van der Waals surface area contributed by atoms with Gasteiger partial charge in [0.15, 0.2) is 0 Å². The lowest BCUT2D eigenvalue weighted by Crippen LogP contribution is -2.45. The van der Waals surface area contributed by atoms with Crippen molar-refractivity contribution in [3.8, 4) is 27.3 Å². The Morgan fingerprint density at radius 3 is 2.06 bits per heavy atom. The van der Waals surface area contributed by atoms with Gasteiger partial charge in [0.05, 0.1) is 4.88 Å². The zero-order valence-electron chi connectivity index (χ0n) is 18.3. The van der Waals surface area contributed by atoms with Crippen LogP contribution in [-0.2, 0) is 13.1 Å². The number of piperazine rings is 1. The van der Waals surface area contributed by atoms with Crippen LogP contribution >= 0.6 is 32.9 Å². The van der Waals surface area contributed by atoms with E-state index in [1.165, 1.54) is 10.4 Å². The van der Waals surface area contributed by atoms with Crippen LogP contribution in [0.1, 0.15) is 11.1 Å².